The van der Waals surface area contributed by atoms with Crippen LogP contribution in [0.3, 0.4) is 0 Å². The van der Waals surface area contributed by atoms with Crippen LogP contribution >= 0.6 is 12.4 Å². The Kier molecular flexibility index (Phi) is 7.29. The van der Waals surface area contributed by atoms with E-state index in [1.165, 1.54) is 0 Å². The van der Waals surface area contributed by atoms with Gasteiger partial charge in [0.25, 0.3) is 5.91 Å². The minimum atomic E-state index is -0.218. The average molecular weight is 435 g/mol. The van der Waals surface area contributed by atoms with E-state index < -0.39 is 0 Å². The van der Waals surface area contributed by atoms with Gasteiger partial charge in [-0.1, -0.05) is 12.1 Å². The molecule has 1 N–H and O–H groups in total. The lowest BCUT2D eigenvalue weighted by atomic mass is 10.0. The Morgan fingerprint density at radius 3 is 2.40 bits per heavy atom. The highest BCUT2D eigenvalue weighted by Crippen LogP contribution is 2.36. The molecule has 0 saturated carbocycles. The largest absolute Gasteiger partial charge is 0.496 e. The number of halogens is 1. The van der Waals surface area contributed by atoms with Crippen LogP contribution in [0, 0.1) is 0 Å². The van der Waals surface area contributed by atoms with Crippen molar-refractivity contribution in [2.75, 3.05) is 40.6 Å². The van der Waals surface area contributed by atoms with E-state index in [0.29, 0.717) is 23.6 Å². The number of ether oxygens (including phenoxy) is 4. The molecule has 0 aliphatic carbocycles. The van der Waals surface area contributed by atoms with Crippen LogP contribution in [-0.4, -0.2) is 51.5 Å². The van der Waals surface area contributed by atoms with Crippen molar-refractivity contribution in [2.45, 2.75) is 18.9 Å². The maximum atomic E-state index is 13.0. The van der Waals surface area contributed by atoms with E-state index in [-0.39, 0.29) is 31.1 Å². The van der Waals surface area contributed by atoms with Crippen LogP contribution in [0.5, 0.6) is 23.0 Å². The van der Waals surface area contributed by atoms with E-state index in [1.807, 2.05) is 18.2 Å². The second kappa shape index (κ2) is 9.91. The minimum Gasteiger partial charge on any atom is -0.496 e. The Bertz CT molecular complexity index is 864. The maximum Gasteiger partial charge on any atom is 0.258 e. The Balaban J connectivity index is 0.00000256. The fraction of sp³-hybridized carbons (Fsp3) is 0.409. The number of hydrogen-bond acceptors (Lipinski definition) is 6. The zero-order valence-electron chi connectivity index (χ0n) is 17.2. The molecule has 1 unspecified atom stereocenters. The van der Waals surface area contributed by atoms with Gasteiger partial charge in [-0.3, -0.25) is 9.69 Å². The van der Waals surface area contributed by atoms with E-state index in [1.54, 1.807) is 32.4 Å². The lowest BCUT2D eigenvalue weighted by molar-refractivity contribution is 0.0931. The number of carbonyl (C=O) groups excluding carboxylic acids is 1. The highest BCUT2D eigenvalue weighted by molar-refractivity contribution is 5.99. The Morgan fingerprint density at radius 1 is 1.07 bits per heavy atom. The second-order valence-electron chi connectivity index (χ2n) is 7.12. The van der Waals surface area contributed by atoms with Crippen LogP contribution in [0.4, 0.5) is 0 Å². The zero-order chi connectivity index (χ0) is 20.2. The fourth-order valence-corrected chi connectivity index (χ4v) is 3.98. The quantitative estimate of drug-likeness (QED) is 0.720. The molecule has 0 aromatic heterocycles. The number of nitrogens with one attached hydrogen (secondary N) is 1. The summed E-state index contributed by atoms with van der Waals surface area (Å²) in [4.78, 5) is 15.4. The summed E-state index contributed by atoms with van der Waals surface area (Å²) < 4.78 is 21.7. The Hall–Kier alpha value is -2.64. The predicted octanol–water partition coefficient (Wildman–Crippen LogP) is 3.42. The van der Waals surface area contributed by atoms with Crippen LogP contribution < -0.4 is 24.3 Å². The number of nitrogens with zero attached hydrogens (tertiary/aromatic N) is 1. The van der Waals surface area contributed by atoms with Gasteiger partial charge in [-0.2, -0.15) is 0 Å². The lowest BCUT2D eigenvalue weighted by Crippen LogP contribution is -2.37. The first kappa shape index (κ1) is 22.1. The molecular formula is C22H27ClN2O5. The molecule has 2 aliphatic heterocycles. The lowest BCUT2D eigenvalue weighted by Gasteiger charge is -2.28. The van der Waals surface area contributed by atoms with E-state index in [2.05, 4.69) is 10.2 Å². The molecule has 0 spiro atoms. The second-order valence-corrected chi connectivity index (χ2v) is 7.12. The summed E-state index contributed by atoms with van der Waals surface area (Å²) in [6.07, 6.45) is 2.32. The average Bonchev–Trinajstić information content (AvgIpc) is 3.44. The molecule has 30 heavy (non-hydrogen) atoms. The van der Waals surface area contributed by atoms with Gasteiger partial charge in [0.2, 0.25) is 6.79 Å². The van der Waals surface area contributed by atoms with Crippen molar-refractivity contribution >= 4 is 18.3 Å². The van der Waals surface area contributed by atoms with Gasteiger partial charge < -0.3 is 24.3 Å². The summed E-state index contributed by atoms with van der Waals surface area (Å²) in [5.41, 5.74) is 1.51. The van der Waals surface area contributed by atoms with Gasteiger partial charge in [0.05, 0.1) is 20.3 Å². The molecule has 1 amide bonds. The predicted molar refractivity (Wildman–Crippen MR) is 115 cm³/mol. The monoisotopic (exact) mass is 434 g/mol. The van der Waals surface area contributed by atoms with Gasteiger partial charge in [0.15, 0.2) is 11.5 Å². The molecule has 2 aliphatic rings. The van der Waals surface area contributed by atoms with Crippen LogP contribution in [0.15, 0.2) is 36.4 Å². The number of carbonyl (C=O) groups is 1. The van der Waals surface area contributed by atoms with Crippen molar-refractivity contribution in [2.24, 2.45) is 0 Å². The van der Waals surface area contributed by atoms with Crippen molar-refractivity contribution in [1.29, 1.82) is 0 Å². The van der Waals surface area contributed by atoms with E-state index >= 15 is 0 Å². The van der Waals surface area contributed by atoms with Crippen molar-refractivity contribution in [3.63, 3.8) is 0 Å². The minimum absolute atomic E-state index is 0. The van der Waals surface area contributed by atoms with Gasteiger partial charge in [0, 0.05) is 6.54 Å². The number of amides is 1. The molecule has 2 aromatic rings. The number of methoxy groups -OCH3 is 2. The summed E-state index contributed by atoms with van der Waals surface area (Å²) in [6.45, 7) is 2.73. The van der Waals surface area contributed by atoms with Gasteiger partial charge in [-0.25, -0.2) is 0 Å². The maximum absolute atomic E-state index is 13.0. The number of likely N-dealkylation sites (tertiary alicyclic amines) is 1. The third-order valence-corrected chi connectivity index (χ3v) is 5.47. The molecule has 2 aromatic carbocycles. The van der Waals surface area contributed by atoms with Crippen molar-refractivity contribution in [3.8, 4) is 23.0 Å². The smallest absolute Gasteiger partial charge is 0.258 e. The SMILES string of the molecule is COc1cccc(OC)c1C(=O)NCC(c1ccc2c(c1)OCO2)N1CCCC1.Cl. The molecule has 4 rings (SSSR count). The van der Waals surface area contributed by atoms with Gasteiger partial charge >= 0.3 is 0 Å². The first-order chi connectivity index (χ1) is 14.2. The molecule has 1 atom stereocenters. The summed E-state index contributed by atoms with van der Waals surface area (Å²) in [7, 11) is 3.09. The third-order valence-electron chi connectivity index (χ3n) is 5.47. The summed E-state index contributed by atoms with van der Waals surface area (Å²) >= 11 is 0. The molecule has 8 heteroatoms. The first-order valence-electron chi connectivity index (χ1n) is 9.84. The third kappa shape index (κ3) is 4.42. The summed E-state index contributed by atoms with van der Waals surface area (Å²) in [5, 5.41) is 3.08. The molecule has 1 fully saturated rings. The summed E-state index contributed by atoms with van der Waals surface area (Å²) in [6, 6.07) is 11.4. The molecule has 7 nitrogen and oxygen atoms in total. The van der Waals surface area contributed by atoms with E-state index in [9.17, 15) is 4.79 Å². The normalized spacial score (nSPS) is 15.9. The zero-order valence-corrected chi connectivity index (χ0v) is 18.0. The van der Waals surface area contributed by atoms with E-state index in [4.69, 9.17) is 18.9 Å². The van der Waals surface area contributed by atoms with Crippen molar-refractivity contribution in [1.82, 2.24) is 10.2 Å². The van der Waals surface area contributed by atoms with Gasteiger partial charge in [0.1, 0.15) is 17.1 Å². The van der Waals surface area contributed by atoms with Gasteiger partial charge in [-0.15, -0.1) is 12.4 Å². The van der Waals surface area contributed by atoms with E-state index in [0.717, 1.165) is 43.0 Å². The molecular weight excluding hydrogens is 408 g/mol. The number of hydrogen-bond donors (Lipinski definition) is 1. The van der Waals surface area contributed by atoms with Crippen LogP contribution in [0.1, 0.15) is 34.8 Å². The number of rotatable bonds is 7. The number of benzene rings is 2. The van der Waals surface area contributed by atoms with Crippen LogP contribution in [-0.2, 0) is 0 Å². The molecule has 0 radical (unpaired) electrons. The van der Waals surface area contributed by atoms with Crippen molar-refractivity contribution in [3.05, 3.63) is 47.5 Å². The van der Waals surface area contributed by atoms with Crippen LogP contribution in [0.25, 0.3) is 0 Å². The standard InChI is InChI=1S/C22H26N2O5.ClH/c1-26-18-6-5-7-19(27-2)21(18)22(25)23-13-16(24-10-3-4-11-24)15-8-9-17-20(12-15)29-14-28-17;/h5-9,12,16H,3-4,10-11,13-14H2,1-2H3,(H,23,25);1H. The Labute approximate surface area is 182 Å². The molecule has 162 valence electrons. The fourth-order valence-electron chi connectivity index (χ4n) is 3.98. The van der Waals surface area contributed by atoms with Crippen LogP contribution in [0.2, 0.25) is 0 Å². The van der Waals surface area contributed by atoms with Gasteiger partial charge in [-0.05, 0) is 55.8 Å². The van der Waals surface area contributed by atoms with Crippen molar-refractivity contribution < 1.29 is 23.7 Å². The first-order valence-corrected chi connectivity index (χ1v) is 9.84. The topological polar surface area (TPSA) is 69.3 Å². The highest BCUT2D eigenvalue weighted by atomic mass is 35.5. The number of fused-ring (bicyclic) bond motifs is 1. The molecule has 1 saturated heterocycles. The molecule has 2 heterocycles. The summed E-state index contributed by atoms with van der Waals surface area (Å²) in [5.74, 6) is 2.27. The Morgan fingerprint density at radius 2 is 1.73 bits per heavy atom. The molecule has 0 bridgehead atoms. The highest BCUT2D eigenvalue weighted by Gasteiger charge is 2.27.